The summed E-state index contributed by atoms with van der Waals surface area (Å²) in [5, 5.41) is 0.843. The van der Waals surface area contributed by atoms with Crippen molar-refractivity contribution in [3.63, 3.8) is 0 Å². The number of aryl methyl sites for hydroxylation is 1. The third-order valence-electron chi connectivity index (χ3n) is 4.81. The summed E-state index contributed by atoms with van der Waals surface area (Å²) < 4.78 is 33.8. The highest BCUT2D eigenvalue weighted by molar-refractivity contribution is 7.91. The molecule has 0 unspecified atom stereocenters. The number of benzene rings is 1. The van der Waals surface area contributed by atoms with E-state index in [2.05, 4.69) is 0 Å². The van der Waals surface area contributed by atoms with Crippen LogP contribution in [0.15, 0.2) is 28.9 Å². The van der Waals surface area contributed by atoms with Crippen LogP contribution in [0.3, 0.4) is 0 Å². The Balaban J connectivity index is 1.57. The second kappa shape index (κ2) is 7.72. The lowest BCUT2D eigenvalue weighted by atomic mass is 10.1. The van der Waals surface area contributed by atoms with Gasteiger partial charge in [-0.3, -0.25) is 9.59 Å². The third kappa shape index (κ3) is 4.50. The van der Waals surface area contributed by atoms with E-state index in [1.165, 1.54) is 11.2 Å². The summed E-state index contributed by atoms with van der Waals surface area (Å²) in [6.45, 7) is 3.72. The Morgan fingerprint density at radius 2 is 2.11 bits per heavy atom. The molecule has 0 spiro atoms. The highest BCUT2D eigenvalue weighted by Crippen LogP contribution is 2.23. The van der Waals surface area contributed by atoms with Gasteiger partial charge in [0.05, 0.1) is 24.2 Å². The van der Waals surface area contributed by atoms with Crippen LogP contribution in [-0.2, 0) is 30.6 Å². The van der Waals surface area contributed by atoms with Crippen molar-refractivity contribution in [2.24, 2.45) is 0 Å². The minimum absolute atomic E-state index is 0.00722. The van der Waals surface area contributed by atoms with Gasteiger partial charge in [-0.15, -0.1) is 0 Å². The van der Waals surface area contributed by atoms with E-state index in [-0.39, 0.29) is 29.9 Å². The van der Waals surface area contributed by atoms with E-state index < -0.39 is 22.4 Å². The normalized spacial score (nSPS) is 18.5. The van der Waals surface area contributed by atoms with Crippen molar-refractivity contribution in [2.45, 2.75) is 32.7 Å². The zero-order valence-electron chi connectivity index (χ0n) is 15.4. The van der Waals surface area contributed by atoms with Gasteiger partial charge >= 0.3 is 5.97 Å². The highest BCUT2D eigenvalue weighted by atomic mass is 32.2. The Morgan fingerprint density at radius 3 is 2.78 bits per heavy atom. The number of rotatable bonds is 6. The van der Waals surface area contributed by atoms with Gasteiger partial charge in [0.25, 0.3) is 5.91 Å². The molecule has 27 heavy (non-hydrogen) atoms. The molecular formula is C19H23NO6S. The molecule has 1 fully saturated rings. The fraction of sp³-hybridized carbons (Fsp3) is 0.474. The van der Waals surface area contributed by atoms with E-state index >= 15 is 0 Å². The second-order valence-electron chi connectivity index (χ2n) is 6.83. The zero-order valence-corrected chi connectivity index (χ0v) is 16.3. The fourth-order valence-electron chi connectivity index (χ4n) is 3.42. The van der Waals surface area contributed by atoms with Crippen molar-refractivity contribution in [2.75, 3.05) is 24.7 Å². The van der Waals surface area contributed by atoms with Crippen LogP contribution >= 0.6 is 0 Å². The summed E-state index contributed by atoms with van der Waals surface area (Å²) in [5.74, 6) is -0.836. The maximum absolute atomic E-state index is 12.4. The molecule has 1 aromatic heterocycles. The lowest BCUT2D eigenvalue weighted by Crippen LogP contribution is -2.43. The number of amides is 1. The van der Waals surface area contributed by atoms with Gasteiger partial charge in [-0.05, 0) is 31.9 Å². The molecule has 1 saturated heterocycles. The third-order valence-corrected chi connectivity index (χ3v) is 6.56. The van der Waals surface area contributed by atoms with Crippen molar-refractivity contribution in [3.8, 4) is 0 Å². The molecule has 1 amide bonds. The molecule has 8 heteroatoms. The van der Waals surface area contributed by atoms with Crippen molar-refractivity contribution < 1.29 is 27.2 Å². The molecule has 7 nitrogen and oxygen atoms in total. The quantitative estimate of drug-likeness (QED) is 0.696. The van der Waals surface area contributed by atoms with Gasteiger partial charge in [-0.1, -0.05) is 12.1 Å². The molecule has 0 radical (unpaired) electrons. The Morgan fingerprint density at radius 1 is 1.33 bits per heavy atom. The lowest BCUT2D eigenvalue weighted by molar-refractivity contribution is -0.152. The number of esters is 1. The van der Waals surface area contributed by atoms with Crippen molar-refractivity contribution in [3.05, 3.63) is 35.6 Å². The maximum Gasteiger partial charge on any atom is 0.310 e. The zero-order chi connectivity index (χ0) is 19.6. The van der Waals surface area contributed by atoms with Crippen LogP contribution in [0, 0.1) is 6.92 Å². The first-order valence-electron chi connectivity index (χ1n) is 8.91. The van der Waals surface area contributed by atoms with E-state index in [1.54, 1.807) is 6.92 Å². The second-order valence-corrected chi connectivity index (χ2v) is 9.06. The first kappa shape index (κ1) is 19.4. The summed E-state index contributed by atoms with van der Waals surface area (Å²) in [7, 11) is -3.09. The number of nitrogens with zero attached hydrogens (tertiary/aromatic N) is 1. The van der Waals surface area contributed by atoms with E-state index in [4.69, 9.17) is 9.15 Å². The Bertz CT molecular complexity index is 962. The monoisotopic (exact) mass is 393 g/mol. The predicted molar refractivity (Wildman–Crippen MR) is 100 cm³/mol. The van der Waals surface area contributed by atoms with Crippen molar-refractivity contribution in [1.29, 1.82) is 0 Å². The van der Waals surface area contributed by atoms with Crippen molar-refractivity contribution in [1.82, 2.24) is 4.90 Å². The molecule has 146 valence electrons. The van der Waals surface area contributed by atoms with Crippen LogP contribution in [0.1, 0.15) is 24.5 Å². The number of hydrogen-bond acceptors (Lipinski definition) is 6. The van der Waals surface area contributed by atoms with Gasteiger partial charge in [0.15, 0.2) is 16.4 Å². The Labute approximate surface area is 158 Å². The number of hydrogen-bond donors (Lipinski definition) is 0. The number of likely N-dealkylation sites (N-methyl/N-ethyl adjacent to an activating group) is 1. The van der Waals surface area contributed by atoms with Crippen molar-refractivity contribution >= 4 is 32.7 Å². The van der Waals surface area contributed by atoms with Crippen LogP contribution in [0.4, 0.5) is 0 Å². The SMILES string of the molecule is CCN(C(=O)COC(=O)Cc1coc2cc(C)ccc12)[C@H]1CCS(=O)(=O)C1. The van der Waals surface area contributed by atoms with Gasteiger partial charge < -0.3 is 14.1 Å². The highest BCUT2D eigenvalue weighted by Gasteiger charge is 2.34. The van der Waals surface area contributed by atoms with E-state index in [0.717, 1.165) is 10.9 Å². The van der Waals surface area contributed by atoms with E-state index in [1.807, 2.05) is 25.1 Å². The molecule has 3 rings (SSSR count). The minimum Gasteiger partial charge on any atom is -0.464 e. The smallest absolute Gasteiger partial charge is 0.310 e. The summed E-state index contributed by atoms with van der Waals surface area (Å²) in [4.78, 5) is 26.0. The molecule has 1 aliphatic rings. The molecule has 1 aliphatic heterocycles. The number of carbonyl (C=O) groups excluding carboxylic acids is 2. The van der Waals surface area contributed by atoms with Gasteiger partial charge in [0.2, 0.25) is 0 Å². The number of ether oxygens (including phenoxy) is 1. The summed E-state index contributed by atoms with van der Waals surface area (Å²) in [6.07, 6.45) is 1.96. The Kier molecular flexibility index (Phi) is 5.55. The fourth-order valence-corrected chi connectivity index (χ4v) is 5.15. The molecule has 0 saturated carbocycles. The molecule has 0 bridgehead atoms. The average Bonchev–Trinajstić information content (AvgIpc) is 3.16. The van der Waals surface area contributed by atoms with Gasteiger partial charge in [-0.25, -0.2) is 8.42 Å². The number of carbonyl (C=O) groups is 2. The standard InChI is InChI=1S/C19H23NO6S/c1-3-20(15-6-7-27(23,24)12-15)18(21)11-26-19(22)9-14-10-25-17-8-13(2)4-5-16(14)17/h4-5,8,10,15H,3,6-7,9,11-12H2,1-2H3/t15-/m0/s1. The number of sulfone groups is 1. The van der Waals surface area contributed by atoms with Crippen LogP contribution in [0.2, 0.25) is 0 Å². The van der Waals surface area contributed by atoms with E-state index in [9.17, 15) is 18.0 Å². The van der Waals surface area contributed by atoms with Crippen LogP contribution < -0.4 is 0 Å². The maximum atomic E-state index is 12.4. The van der Waals surface area contributed by atoms with Crippen LogP contribution in [0.5, 0.6) is 0 Å². The lowest BCUT2D eigenvalue weighted by Gasteiger charge is -2.26. The summed E-state index contributed by atoms with van der Waals surface area (Å²) >= 11 is 0. The topological polar surface area (TPSA) is 93.9 Å². The number of furan rings is 1. The molecule has 2 heterocycles. The van der Waals surface area contributed by atoms with Crippen LogP contribution in [-0.4, -0.2) is 55.9 Å². The first-order valence-corrected chi connectivity index (χ1v) is 10.7. The van der Waals surface area contributed by atoms with Crippen LogP contribution in [0.25, 0.3) is 11.0 Å². The molecule has 0 aliphatic carbocycles. The molecule has 1 atom stereocenters. The van der Waals surface area contributed by atoms with E-state index in [0.29, 0.717) is 24.1 Å². The molecule has 2 aromatic rings. The molecule has 0 N–H and O–H groups in total. The molecular weight excluding hydrogens is 370 g/mol. The van der Waals surface area contributed by atoms with Gasteiger partial charge in [0, 0.05) is 23.5 Å². The summed E-state index contributed by atoms with van der Waals surface area (Å²) in [6, 6.07) is 5.38. The average molecular weight is 393 g/mol. The van der Waals surface area contributed by atoms with Gasteiger partial charge in [0.1, 0.15) is 5.58 Å². The summed E-state index contributed by atoms with van der Waals surface area (Å²) in [5.41, 5.74) is 2.47. The predicted octanol–water partition coefficient (Wildman–Crippen LogP) is 1.86. The number of fused-ring (bicyclic) bond motifs is 1. The largest absolute Gasteiger partial charge is 0.464 e. The Hall–Kier alpha value is -2.35. The minimum atomic E-state index is -3.09. The molecule has 1 aromatic carbocycles. The van der Waals surface area contributed by atoms with Gasteiger partial charge in [-0.2, -0.15) is 0 Å². The first-order chi connectivity index (χ1) is 12.8.